The van der Waals surface area contributed by atoms with Crippen molar-refractivity contribution < 1.29 is 9.53 Å². The highest BCUT2D eigenvalue weighted by atomic mass is 16.5. The average Bonchev–Trinajstić information content (AvgIpc) is 2.85. The van der Waals surface area contributed by atoms with Crippen molar-refractivity contribution in [3.8, 4) is 0 Å². The summed E-state index contributed by atoms with van der Waals surface area (Å²) in [5.74, 6) is 0.370. The Bertz CT molecular complexity index is 440. The molecule has 0 aromatic carbocycles. The predicted molar refractivity (Wildman–Crippen MR) is 61.4 cm³/mol. The van der Waals surface area contributed by atoms with Gasteiger partial charge in [0.2, 0.25) is 0 Å². The van der Waals surface area contributed by atoms with E-state index in [0.29, 0.717) is 19.1 Å². The molecule has 1 aliphatic heterocycles. The molecule has 0 aliphatic carbocycles. The zero-order chi connectivity index (χ0) is 12.3. The second-order valence-corrected chi connectivity index (χ2v) is 3.74. The Morgan fingerprint density at radius 3 is 3.12 bits per heavy atom. The number of nitrogens with zero attached hydrogens (tertiary/aromatic N) is 3. The molecule has 2 N–H and O–H groups in total. The molecular formula is C10H15N5O2. The van der Waals surface area contributed by atoms with E-state index in [1.54, 1.807) is 24.2 Å². The van der Waals surface area contributed by atoms with E-state index in [4.69, 9.17) is 4.74 Å². The van der Waals surface area contributed by atoms with Gasteiger partial charge in [-0.05, 0) is 0 Å². The lowest BCUT2D eigenvalue weighted by molar-refractivity contribution is -0.120. The summed E-state index contributed by atoms with van der Waals surface area (Å²) < 4.78 is 6.54. The standard InChI is InChI=1S/C10H15N5O2/c1-15-6-7(5-12-15)8-9(16)14-10(13-8)11-3-4-17-2/h5-6,8H,3-4H2,1-2H3,(H2,11,13,14,16). The van der Waals surface area contributed by atoms with E-state index in [1.807, 2.05) is 7.05 Å². The van der Waals surface area contributed by atoms with Crippen LogP contribution < -0.4 is 10.6 Å². The number of hydrogen-bond acceptors (Lipinski definition) is 4. The fourth-order valence-corrected chi connectivity index (χ4v) is 1.59. The van der Waals surface area contributed by atoms with Gasteiger partial charge in [0, 0.05) is 25.9 Å². The fraction of sp³-hybridized carbons (Fsp3) is 0.500. The number of aryl methyl sites for hydroxylation is 1. The van der Waals surface area contributed by atoms with Crippen LogP contribution in [0.2, 0.25) is 0 Å². The normalized spacial score (nSPS) is 21.6. The molecule has 1 aromatic heterocycles. The summed E-state index contributed by atoms with van der Waals surface area (Å²) in [6.45, 7) is 1.04. The smallest absolute Gasteiger partial charge is 0.254 e. The van der Waals surface area contributed by atoms with Gasteiger partial charge in [-0.15, -0.1) is 0 Å². The Balaban J connectivity index is 2.02. The molecule has 2 rings (SSSR count). The number of nitrogens with one attached hydrogen (secondary N) is 2. The minimum Gasteiger partial charge on any atom is -0.383 e. The van der Waals surface area contributed by atoms with Crippen LogP contribution in [0, 0.1) is 0 Å². The van der Waals surface area contributed by atoms with E-state index >= 15 is 0 Å². The molecular weight excluding hydrogens is 222 g/mol. The predicted octanol–water partition coefficient (Wildman–Crippen LogP) is -0.817. The van der Waals surface area contributed by atoms with E-state index in [-0.39, 0.29) is 5.91 Å². The van der Waals surface area contributed by atoms with Crippen LogP contribution in [0.25, 0.3) is 0 Å². The van der Waals surface area contributed by atoms with Crippen LogP contribution in [-0.2, 0) is 16.6 Å². The molecule has 1 atom stereocenters. The topological polar surface area (TPSA) is 80.5 Å². The number of amides is 1. The van der Waals surface area contributed by atoms with Gasteiger partial charge in [0.25, 0.3) is 5.91 Å². The number of aliphatic imine (C=N–C) groups is 1. The van der Waals surface area contributed by atoms with Crippen LogP contribution in [0.4, 0.5) is 0 Å². The molecule has 1 aromatic rings. The zero-order valence-electron chi connectivity index (χ0n) is 9.80. The Hall–Kier alpha value is -1.89. The highest BCUT2D eigenvalue weighted by molar-refractivity contribution is 6.06. The summed E-state index contributed by atoms with van der Waals surface area (Å²) >= 11 is 0. The van der Waals surface area contributed by atoms with Gasteiger partial charge in [-0.3, -0.25) is 19.8 Å². The van der Waals surface area contributed by atoms with Crippen LogP contribution >= 0.6 is 0 Å². The molecule has 0 radical (unpaired) electrons. The summed E-state index contributed by atoms with van der Waals surface area (Å²) in [6, 6.07) is -0.412. The number of rotatable bonds is 4. The van der Waals surface area contributed by atoms with Crippen LogP contribution in [0.15, 0.2) is 17.4 Å². The van der Waals surface area contributed by atoms with Crippen molar-refractivity contribution in [1.82, 2.24) is 20.4 Å². The molecule has 1 unspecified atom stereocenters. The van der Waals surface area contributed by atoms with Gasteiger partial charge in [0.1, 0.15) is 6.04 Å². The van der Waals surface area contributed by atoms with Crippen molar-refractivity contribution in [2.75, 3.05) is 20.3 Å². The fourth-order valence-electron chi connectivity index (χ4n) is 1.59. The van der Waals surface area contributed by atoms with Crippen molar-refractivity contribution in [2.24, 2.45) is 12.0 Å². The monoisotopic (exact) mass is 237 g/mol. The average molecular weight is 237 g/mol. The van der Waals surface area contributed by atoms with Gasteiger partial charge in [0.05, 0.1) is 19.3 Å². The maximum atomic E-state index is 11.7. The second-order valence-electron chi connectivity index (χ2n) is 3.74. The summed E-state index contributed by atoms with van der Waals surface area (Å²) in [4.78, 5) is 15.9. The Labute approximate surface area is 98.9 Å². The highest BCUT2D eigenvalue weighted by Crippen LogP contribution is 2.14. The Morgan fingerprint density at radius 2 is 2.47 bits per heavy atom. The lowest BCUT2D eigenvalue weighted by Gasteiger charge is -2.03. The van der Waals surface area contributed by atoms with Gasteiger partial charge in [-0.1, -0.05) is 0 Å². The lowest BCUT2D eigenvalue weighted by Crippen LogP contribution is -2.26. The maximum absolute atomic E-state index is 11.7. The first-order valence-corrected chi connectivity index (χ1v) is 5.30. The molecule has 17 heavy (non-hydrogen) atoms. The first kappa shape index (κ1) is 11.6. The van der Waals surface area contributed by atoms with Crippen LogP contribution in [0.1, 0.15) is 11.6 Å². The molecule has 0 spiro atoms. The number of carbonyl (C=O) groups excluding carboxylic acids is 1. The molecule has 1 aliphatic rings. The largest absolute Gasteiger partial charge is 0.383 e. The molecule has 92 valence electrons. The Kier molecular flexibility index (Phi) is 3.38. The third kappa shape index (κ3) is 2.62. The third-order valence-corrected chi connectivity index (χ3v) is 2.41. The van der Waals surface area contributed by atoms with E-state index in [9.17, 15) is 4.79 Å². The van der Waals surface area contributed by atoms with Crippen molar-refractivity contribution in [1.29, 1.82) is 0 Å². The van der Waals surface area contributed by atoms with E-state index in [0.717, 1.165) is 5.56 Å². The van der Waals surface area contributed by atoms with Gasteiger partial charge in [-0.25, -0.2) is 0 Å². The number of ether oxygens (including phenoxy) is 1. The Morgan fingerprint density at radius 1 is 1.65 bits per heavy atom. The molecule has 0 bridgehead atoms. The first-order valence-electron chi connectivity index (χ1n) is 5.30. The number of aromatic nitrogens is 2. The van der Waals surface area contributed by atoms with Gasteiger partial charge < -0.3 is 10.1 Å². The molecule has 2 heterocycles. The SMILES string of the molecule is COCCN=C1NC(=O)C(c2cnn(C)c2)N1. The van der Waals surface area contributed by atoms with Crippen molar-refractivity contribution in [3.05, 3.63) is 18.0 Å². The molecule has 1 fully saturated rings. The summed E-state index contributed by atoms with van der Waals surface area (Å²) in [5, 5.41) is 9.72. The van der Waals surface area contributed by atoms with Crippen molar-refractivity contribution in [3.63, 3.8) is 0 Å². The summed E-state index contributed by atoms with van der Waals surface area (Å²) in [7, 11) is 3.42. The van der Waals surface area contributed by atoms with Gasteiger partial charge in [0.15, 0.2) is 5.96 Å². The molecule has 1 saturated heterocycles. The summed E-state index contributed by atoms with van der Waals surface area (Å²) in [5.41, 5.74) is 0.821. The quantitative estimate of drug-likeness (QED) is 0.671. The van der Waals surface area contributed by atoms with Gasteiger partial charge >= 0.3 is 0 Å². The molecule has 7 heteroatoms. The van der Waals surface area contributed by atoms with Crippen molar-refractivity contribution >= 4 is 11.9 Å². The van der Waals surface area contributed by atoms with E-state index in [2.05, 4.69) is 20.7 Å². The molecule has 0 saturated carbocycles. The zero-order valence-corrected chi connectivity index (χ0v) is 9.80. The first-order chi connectivity index (χ1) is 8.20. The number of methoxy groups -OCH3 is 1. The number of guanidine groups is 1. The second kappa shape index (κ2) is 4.96. The van der Waals surface area contributed by atoms with Crippen LogP contribution in [-0.4, -0.2) is 41.9 Å². The van der Waals surface area contributed by atoms with Crippen LogP contribution in [0.5, 0.6) is 0 Å². The number of carbonyl (C=O) groups is 1. The van der Waals surface area contributed by atoms with Crippen molar-refractivity contribution in [2.45, 2.75) is 6.04 Å². The highest BCUT2D eigenvalue weighted by Gasteiger charge is 2.30. The molecule has 1 amide bonds. The minimum absolute atomic E-state index is 0.117. The maximum Gasteiger partial charge on any atom is 0.254 e. The van der Waals surface area contributed by atoms with Crippen LogP contribution in [0.3, 0.4) is 0 Å². The lowest BCUT2D eigenvalue weighted by atomic mass is 10.2. The van der Waals surface area contributed by atoms with E-state index < -0.39 is 6.04 Å². The third-order valence-electron chi connectivity index (χ3n) is 2.41. The van der Waals surface area contributed by atoms with E-state index in [1.165, 1.54) is 0 Å². The molecule has 7 nitrogen and oxygen atoms in total. The summed E-state index contributed by atoms with van der Waals surface area (Å²) in [6.07, 6.45) is 3.46. The van der Waals surface area contributed by atoms with Gasteiger partial charge in [-0.2, -0.15) is 5.10 Å². The minimum atomic E-state index is -0.412. The number of hydrogen-bond donors (Lipinski definition) is 2.